The number of hydrogen-bond acceptors (Lipinski definition) is 2. The number of aliphatic hydroxyl groups is 1. The average Bonchev–Trinajstić information content (AvgIpc) is 2.56. The van der Waals surface area contributed by atoms with Crippen LogP contribution in [0.4, 0.5) is 0 Å². The van der Waals surface area contributed by atoms with Gasteiger partial charge in [-0.15, -0.1) is 0 Å². The van der Waals surface area contributed by atoms with Crippen molar-refractivity contribution in [2.45, 2.75) is 58.5 Å². The molecule has 1 saturated carbocycles. The van der Waals surface area contributed by atoms with Gasteiger partial charge in [-0.05, 0) is 25.7 Å². The second-order valence-electron chi connectivity index (χ2n) is 4.79. The van der Waals surface area contributed by atoms with E-state index < -0.39 is 0 Å². The second kappa shape index (κ2) is 5.50. The van der Waals surface area contributed by atoms with Gasteiger partial charge in [-0.3, -0.25) is 4.79 Å². The van der Waals surface area contributed by atoms with Crippen molar-refractivity contribution in [3.63, 3.8) is 0 Å². The molecule has 2 heteroatoms. The van der Waals surface area contributed by atoms with Gasteiger partial charge < -0.3 is 5.11 Å². The third-order valence-electron chi connectivity index (χ3n) is 3.40. The van der Waals surface area contributed by atoms with E-state index in [0.717, 1.165) is 6.42 Å². The summed E-state index contributed by atoms with van der Waals surface area (Å²) in [5, 5.41) is 9.78. The number of ketones is 1. The minimum atomic E-state index is -0.267. The lowest BCUT2D eigenvalue weighted by Crippen LogP contribution is -2.18. The Labute approximate surface area is 86.7 Å². The summed E-state index contributed by atoms with van der Waals surface area (Å²) >= 11 is 0. The maximum Gasteiger partial charge on any atom is 0.132 e. The summed E-state index contributed by atoms with van der Waals surface area (Å²) in [6.45, 7) is 3.51. The highest BCUT2D eigenvalue weighted by atomic mass is 16.3. The van der Waals surface area contributed by atoms with Crippen molar-refractivity contribution in [2.75, 3.05) is 0 Å². The third kappa shape index (κ3) is 3.79. The zero-order valence-electron chi connectivity index (χ0n) is 9.33. The Morgan fingerprint density at radius 3 is 2.50 bits per heavy atom. The fourth-order valence-corrected chi connectivity index (χ4v) is 2.30. The van der Waals surface area contributed by atoms with Gasteiger partial charge >= 0.3 is 0 Å². The fraction of sp³-hybridized carbons (Fsp3) is 0.917. The monoisotopic (exact) mass is 198 g/mol. The van der Waals surface area contributed by atoms with E-state index in [1.54, 1.807) is 6.92 Å². The number of aliphatic hydroxyl groups excluding tert-OH is 1. The van der Waals surface area contributed by atoms with Gasteiger partial charge in [0, 0.05) is 5.92 Å². The highest BCUT2D eigenvalue weighted by Gasteiger charge is 2.21. The SMILES string of the molecule is CC(=O)C(C)CC(O)CC1CCCC1. The summed E-state index contributed by atoms with van der Waals surface area (Å²) in [6, 6.07) is 0. The maximum atomic E-state index is 11.0. The lowest BCUT2D eigenvalue weighted by molar-refractivity contribution is -0.121. The number of hydrogen-bond donors (Lipinski definition) is 1. The first kappa shape index (κ1) is 11.7. The van der Waals surface area contributed by atoms with Crippen LogP contribution in [0.2, 0.25) is 0 Å². The molecule has 0 heterocycles. The summed E-state index contributed by atoms with van der Waals surface area (Å²) in [4.78, 5) is 11.0. The van der Waals surface area contributed by atoms with Crippen LogP contribution in [-0.2, 0) is 4.79 Å². The smallest absolute Gasteiger partial charge is 0.132 e. The lowest BCUT2D eigenvalue weighted by Gasteiger charge is -2.17. The Morgan fingerprint density at radius 1 is 1.43 bits per heavy atom. The Balaban J connectivity index is 2.20. The molecule has 1 aliphatic rings. The van der Waals surface area contributed by atoms with Gasteiger partial charge in [0.25, 0.3) is 0 Å². The predicted octanol–water partition coefficient (Wildman–Crippen LogP) is 2.54. The number of rotatable bonds is 5. The molecular formula is C12H22O2. The Hall–Kier alpha value is -0.370. The van der Waals surface area contributed by atoms with Crippen LogP contribution >= 0.6 is 0 Å². The Morgan fingerprint density at radius 2 is 2.00 bits per heavy atom. The number of Topliss-reactive ketones (excluding diaryl/α,β-unsaturated/α-hetero) is 1. The molecule has 0 spiro atoms. The largest absolute Gasteiger partial charge is 0.393 e. The third-order valence-corrected chi connectivity index (χ3v) is 3.40. The first-order valence-electron chi connectivity index (χ1n) is 5.78. The predicted molar refractivity (Wildman–Crippen MR) is 57.0 cm³/mol. The molecule has 0 bridgehead atoms. The molecular weight excluding hydrogens is 176 g/mol. The molecule has 82 valence electrons. The van der Waals surface area contributed by atoms with E-state index in [2.05, 4.69) is 0 Å². The van der Waals surface area contributed by atoms with Crippen LogP contribution in [0.3, 0.4) is 0 Å². The summed E-state index contributed by atoms with van der Waals surface area (Å²) in [7, 11) is 0. The van der Waals surface area contributed by atoms with E-state index in [1.165, 1.54) is 25.7 Å². The van der Waals surface area contributed by atoms with Gasteiger partial charge in [0.1, 0.15) is 5.78 Å². The van der Waals surface area contributed by atoms with Crippen LogP contribution in [0.1, 0.15) is 52.4 Å². The maximum absolute atomic E-state index is 11.0. The molecule has 2 atom stereocenters. The van der Waals surface area contributed by atoms with E-state index in [4.69, 9.17) is 0 Å². The Bertz CT molecular complexity index is 183. The van der Waals surface area contributed by atoms with Gasteiger partial charge in [0.05, 0.1) is 6.10 Å². The van der Waals surface area contributed by atoms with Crippen molar-refractivity contribution in [1.82, 2.24) is 0 Å². The molecule has 1 N–H and O–H groups in total. The van der Waals surface area contributed by atoms with E-state index in [0.29, 0.717) is 12.3 Å². The molecule has 0 radical (unpaired) electrons. The summed E-state index contributed by atoms with van der Waals surface area (Å²) in [5.41, 5.74) is 0. The first-order chi connectivity index (χ1) is 6.59. The molecule has 0 saturated heterocycles. The quantitative estimate of drug-likeness (QED) is 0.737. The number of carbonyl (C=O) groups excluding carboxylic acids is 1. The minimum absolute atomic E-state index is 0.0198. The summed E-state index contributed by atoms with van der Waals surface area (Å²) in [6.07, 6.45) is 6.46. The van der Waals surface area contributed by atoms with Crippen LogP contribution in [0.5, 0.6) is 0 Å². The van der Waals surface area contributed by atoms with Crippen molar-refractivity contribution < 1.29 is 9.90 Å². The topological polar surface area (TPSA) is 37.3 Å². The molecule has 14 heavy (non-hydrogen) atoms. The van der Waals surface area contributed by atoms with E-state index >= 15 is 0 Å². The lowest BCUT2D eigenvalue weighted by atomic mass is 9.92. The van der Waals surface area contributed by atoms with Crippen LogP contribution < -0.4 is 0 Å². The van der Waals surface area contributed by atoms with E-state index in [9.17, 15) is 9.90 Å². The summed E-state index contributed by atoms with van der Waals surface area (Å²) < 4.78 is 0. The highest BCUT2D eigenvalue weighted by Crippen LogP contribution is 2.29. The van der Waals surface area contributed by atoms with Crippen LogP contribution in [-0.4, -0.2) is 17.0 Å². The zero-order chi connectivity index (χ0) is 10.6. The zero-order valence-corrected chi connectivity index (χ0v) is 9.33. The van der Waals surface area contributed by atoms with Gasteiger partial charge in [0.2, 0.25) is 0 Å². The second-order valence-corrected chi connectivity index (χ2v) is 4.79. The average molecular weight is 198 g/mol. The molecule has 2 unspecified atom stereocenters. The number of carbonyl (C=O) groups is 1. The molecule has 0 amide bonds. The molecule has 2 nitrogen and oxygen atoms in total. The molecule has 0 aromatic rings. The minimum Gasteiger partial charge on any atom is -0.393 e. The van der Waals surface area contributed by atoms with Gasteiger partial charge in [0.15, 0.2) is 0 Å². The van der Waals surface area contributed by atoms with Crippen molar-refractivity contribution in [3.05, 3.63) is 0 Å². The fourth-order valence-electron chi connectivity index (χ4n) is 2.30. The van der Waals surface area contributed by atoms with Crippen molar-refractivity contribution in [1.29, 1.82) is 0 Å². The molecule has 0 aromatic carbocycles. The van der Waals surface area contributed by atoms with Crippen LogP contribution in [0.25, 0.3) is 0 Å². The van der Waals surface area contributed by atoms with E-state index in [-0.39, 0.29) is 17.8 Å². The van der Waals surface area contributed by atoms with Crippen LogP contribution in [0.15, 0.2) is 0 Å². The standard InChI is InChI=1S/C12H22O2/c1-9(10(2)13)7-12(14)8-11-5-3-4-6-11/h9,11-12,14H,3-8H2,1-2H3. The van der Waals surface area contributed by atoms with Crippen LogP contribution in [0, 0.1) is 11.8 Å². The molecule has 1 aliphatic carbocycles. The van der Waals surface area contributed by atoms with Crippen molar-refractivity contribution in [3.8, 4) is 0 Å². The van der Waals surface area contributed by atoms with Crippen molar-refractivity contribution >= 4 is 5.78 Å². The normalized spacial score (nSPS) is 22.2. The Kier molecular flexibility index (Phi) is 4.59. The summed E-state index contributed by atoms with van der Waals surface area (Å²) in [5.74, 6) is 0.922. The molecule has 0 aromatic heterocycles. The molecule has 1 fully saturated rings. The first-order valence-corrected chi connectivity index (χ1v) is 5.78. The highest BCUT2D eigenvalue weighted by molar-refractivity contribution is 5.77. The van der Waals surface area contributed by atoms with Gasteiger partial charge in [-0.1, -0.05) is 32.6 Å². The van der Waals surface area contributed by atoms with E-state index in [1.807, 2.05) is 6.92 Å². The van der Waals surface area contributed by atoms with Crippen molar-refractivity contribution in [2.24, 2.45) is 11.8 Å². The molecule has 0 aliphatic heterocycles. The van der Waals surface area contributed by atoms with Gasteiger partial charge in [-0.2, -0.15) is 0 Å². The molecule has 1 rings (SSSR count). The van der Waals surface area contributed by atoms with Gasteiger partial charge in [-0.25, -0.2) is 0 Å².